The lowest BCUT2D eigenvalue weighted by Gasteiger charge is -2.36. The Kier molecular flexibility index (Phi) is 2.85. The third kappa shape index (κ3) is 1.84. The van der Waals surface area contributed by atoms with E-state index in [-0.39, 0.29) is 11.3 Å². The van der Waals surface area contributed by atoms with Crippen molar-refractivity contribution in [2.75, 3.05) is 0 Å². The van der Waals surface area contributed by atoms with Crippen LogP contribution in [0.15, 0.2) is 0 Å². The highest BCUT2D eigenvalue weighted by atomic mass is 16.5. The van der Waals surface area contributed by atoms with Crippen LogP contribution in [0.2, 0.25) is 0 Å². The van der Waals surface area contributed by atoms with Crippen molar-refractivity contribution in [3.05, 3.63) is 0 Å². The molecule has 0 heterocycles. The number of rotatable bonds is 2. The SMILES string of the molecule is CC1(C(O)O)CCC(C=O)CC1. The smallest absolute Gasteiger partial charge is 0.156 e. The molecule has 0 atom stereocenters. The lowest BCUT2D eigenvalue weighted by molar-refractivity contribution is -0.146. The molecule has 1 fully saturated rings. The highest BCUT2D eigenvalue weighted by molar-refractivity contribution is 5.53. The Bertz CT molecular complexity index is 157. The second-order valence-corrected chi connectivity index (χ2v) is 4.00. The van der Waals surface area contributed by atoms with Gasteiger partial charge in [0.15, 0.2) is 6.29 Å². The van der Waals surface area contributed by atoms with Gasteiger partial charge in [-0.15, -0.1) is 0 Å². The molecule has 1 saturated carbocycles. The molecule has 3 heteroatoms. The van der Waals surface area contributed by atoms with Crippen molar-refractivity contribution in [2.24, 2.45) is 11.3 Å². The number of hydrogen-bond donors (Lipinski definition) is 2. The van der Waals surface area contributed by atoms with E-state index in [9.17, 15) is 4.79 Å². The molecule has 2 N–H and O–H groups in total. The van der Waals surface area contributed by atoms with Crippen LogP contribution >= 0.6 is 0 Å². The third-order valence-electron chi connectivity index (χ3n) is 2.99. The van der Waals surface area contributed by atoms with Gasteiger partial charge < -0.3 is 15.0 Å². The van der Waals surface area contributed by atoms with E-state index in [1.54, 1.807) is 0 Å². The quantitative estimate of drug-likeness (QED) is 0.476. The zero-order valence-electron chi connectivity index (χ0n) is 7.36. The average Bonchev–Trinajstić information content (AvgIpc) is 2.06. The van der Waals surface area contributed by atoms with Gasteiger partial charge in [0.2, 0.25) is 0 Å². The second kappa shape index (κ2) is 3.54. The van der Waals surface area contributed by atoms with Gasteiger partial charge in [0.05, 0.1) is 0 Å². The van der Waals surface area contributed by atoms with Crippen LogP contribution in [-0.2, 0) is 4.79 Å². The van der Waals surface area contributed by atoms with Crippen molar-refractivity contribution < 1.29 is 15.0 Å². The minimum Gasteiger partial charge on any atom is -0.368 e. The van der Waals surface area contributed by atoms with Crippen LogP contribution in [0.4, 0.5) is 0 Å². The molecule has 0 aromatic carbocycles. The highest BCUT2D eigenvalue weighted by Crippen LogP contribution is 2.39. The van der Waals surface area contributed by atoms with Gasteiger partial charge in [-0.3, -0.25) is 0 Å². The number of hydrogen-bond acceptors (Lipinski definition) is 3. The normalized spacial score (nSPS) is 36.8. The minimum atomic E-state index is -1.25. The summed E-state index contributed by atoms with van der Waals surface area (Å²) >= 11 is 0. The molecule has 3 nitrogen and oxygen atoms in total. The zero-order chi connectivity index (χ0) is 9.19. The van der Waals surface area contributed by atoms with Gasteiger partial charge in [0.25, 0.3) is 0 Å². The maximum Gasteiger partial charge on any atom is 0.156 e. The summed E-state index contributed by atoms with van der Waals surface area (Å²) in [7, 11) is 0. The van der Waals surface area contributed by atoms with E-state index in [1.165, 1.54) is 0 Å². The van der Waals surface area contributed by atoms with Gasteiger partial charge in [-0.2, -0.15) is 0 Å². The molecule has 70 valence electrons. The Labute approximate surface area is 72.4 Å². The van der Waals surface area contributed by atoms with Gasteiger partial charge in [0.1, 0.15) is 6.29 Å². The predicted octanol–water partition coefficient (Wildman–Crippen LogP) is 0.693. The van der Waals surface area contributed by atoms with Crippen LogP contribution in [0.3, 0.4) is 0 Å². The number of aliphatic hydroxyl groups is 2. The van der Waals surface area contributed by atoms with Crippen LogP contribution in [0.25, 0.3) is 0 Å². The van der Waals surface area contributed by atoms with Crippen LogP contribution < -0.4 is 0 Å². The molecule has 1 aliphatic carbocycles. The van der Waals surface area contributed by atoms with E-state index >= 15 is 0 Å². The van der Waals surface area contributed by atoms with Crippen molar-refractivity contribution in [1.82, 2.24) is 0 Å². The standard InChI is InChI=1S/C9H16O3/c1-9(8(11)12)4-2-7(6-10)3-5-9/h6-8,11-12H,2-5H2,1H3. The van der Waals surface area contributed by atoms with Crippen LogP contribution in [-0.4, -0.2) is 22.8 Å². The molecule has 0 bridgehead atoms. The van der Waals surface area contributed by atoms with Crippen molar-refractivity contribution in [2.45, 2.75) is 38.9 Å². The van der Waals surface area contributed by atoms with Gasteiger partial charge in [-0.1, -0.05) is 6.92 Å². The van der Waals surface area contributed by atoms with E-state index < -0.39 is 6.29 Å². The monoisotopic (exact) mass is 172 g/mol. The maximum absolute atomic E-state index is 10.4. The summed E-state index contributed by atoms with van der Waals surface area (Å²) in [6.07, 6.45) is 2.77. The molecule has 0 spiro atoms. The molecule has 0 unspecified atom stereocenters. The summed E-state index contributed by atoms with van der Waals surface area (Å²) in [4.78, 5) is 10.4. The second-order valence-electron chi connectivity index (χ2n) is 4.00. The first-order valence-electron chi connectivity index (χ1n) is 4.40. The van der Waals surface area contributed by atoms with E-state index in [2.05, 4.69) is 0 Å². The number of aliphatic hydroxyl groups excluding tert-OH is 1. The molecular formula is C9H16O3. The Balaban J connectivity index is 2.49. The average molecular weight is 172 g/mol. The van der Waals surface area contributed by atoms with Crippen LogP contribution in [0, 0.1) is 11.3 Å². The molecule has 0 saturated heterocycles. The number of carbonyl (C=O) groups is 1. The van der Waals surface area contributed by atoms with Gasteiger partial charge >= 0.3 is 0 Å². The van der Waals surface area contributed by atoms with Crippen molar-refractivity contribution in [1.29, 1.82) is 0 Å². The molecule has 0 aromatic rings. The molecule has 0 amide bonds. The fourth-order valence-corrected chi connectivity index (χ4v) is 1.69. The van der Waals surface area contributed by atoms with Gasteiger partial charge in [-0.05, 0) is 25.7 Å². The number of aldehydes is 1. The van der Waals surface area contributed by atoms with Gasteiger partial charge in [-0.25, -0.2) is 0 Å². The Morgan fingerprint density at radius 2 is 1.92 bits per heavy atom. The topological polar surface area (TPSA) is 57.5 Å². The van der Waals surface area contributed by atoms with E-state index in [4.69, 9.17) is 10.2 Å². The molecule has 0 radical (unpaired) electrons. The Hall–Kier alpha value is -0.410. The highest BCUT2D eigenvalue weighted by Gasteiger charge is 2.36. The summed E-state index contributed by atoms with van der Waals surface area (Å²) in [5, 5.41) is 18.1. The largest absolute Gasteiger partial charge is 0.368 e. The van der Waals surface area contributed by atoms with Crippen molar-refractivity contribution in [3.63, 3.8) is 0 Å². The molecule has 0 aromatic heterocycles. The molecule has 0 aliphatic heterocycles. The van der Waals surface area contributed by atoms with Crippen LogP contribution in [0.1, 0.15) is 32.6 Å². The summed E-state index contributed by atoms with van der Waals surface area (Å²) in [6.45, 7) is 1.86. The Morgan fingerprint density at radius 1 is 1.42 bits per heavy atom. The summed E-state index contributed by atoms with van der Waals surface area (Å²) in [5.41, 5.74) is -0.389. The van der Waals surface area contributed by atoms with E-state index in [0.717, 1.165) is 32.0 Å². The predicted molar refractivity (Wildman–Crippen MR) is 44.4 cm³/mol. The fourth-order valence-electron chi connectivity index (χ4n) is 1.69. The van der Waals surface area contributed by atoms with Gasteiger partial charge in [0, 0.05) is 11.3 Å². The summed E-state index contributed by atoms with van der Waals surface area (Å²) < 4.78 is 0. The maximum atomic E-state index is 10.4. The van der Waals surface area contributed by atoms with E-state index in [0.29, 0.717) is 0 Å². The third-order valence-corrected chi connectivity index (χ3v) is 2.99. The lowest BCUT2D eigenvalue weighted by Crippen LogP contribution is -2.36. The lowest BCUT2D eigenvalue weighted by atomic mass is 9.71. The van der Waals surface area contributed by atoms with Crippen LogP contribution in [0.5, 0.6) is 0 Å². The zero-order valence-corrected chi connectivity index (χ0v) is 7.36. The van der Waals surface area contributed by atoms with Crippen molar-refractivity contribution in [3.8, 4) is 0 Å². The minimum absolute atomic E-state index is 0.136. The first-order chi connectivity index (χ1) is 5.58. The molecular weight excluding hydrogens is 156 g/mol. The summed E-state index contributed by atoms with van der Waals surface area (Å²) in [5.74, 6) is 0.136. The Morgan fingerprint density at radius 3 is 2.25 bits per heavy atom. The molecule has 1 aliphatic rings. The van der Waals surface area contributed by atoms with E-state index in [1.807, 2.05) is 6.92 Å². The first kappa shape index (κ1) is 9.68. The molecule has 1 rings (SSSR count). The number of carbonyl (C=O) groups excluding carboxylic acids is 1. The fraction of sp³-hybridized carbons (Fsp3) is 0.889. The first-order valence-corrected chi connectivity index (χ1v) is 4.40. The van der Waals surface area contributed by atoms with Crippen molar-refractivity contribution >= 4 is 6.29 Å². The summed E-state index contributed by atoms with van der Waals surface area (Å²) in [6, 6.07) is 0. The molecule has 12 heavy (non-hydrogen) atoms.